The van der Waals surface area contributed by atoms with Crippen molar-refractivity contribution in [3.63, 3.8) is 0 Å². The molecule has 0 aliphatic heterocycles. The summed E-state index contributed by atoms with van der Waals surface area (Å²) in [5.74, 6) is -0.474. The number of nitrogens with two attached hydrogens (primary N) is 1. The molecule has 1 atom stereocenters. The molecule has 0 bridgehead atoms. The minimum absolute atomic E-state index is 0.474. The van der Waals surface area contributed by atoms with Crippen molar-refractivity contribution in [2.75, 3.05) is 12.4 Å². The Hall–Kier alpha value is -0.950. The molecular weight excluding hydrogens is 242 g/mol. The Morgan fingerprint density at radius 3 is 2.41 bits per heavy atom. The van der Waals surface area contributed by atoms with Crippen LogP contribution in [0.3, 0.4) is 0 Å². The van der Waals surface area contributed by atoms with Gasteiger partial charge in [-0.15, -0.1) is 0 Å². The summed E-state index contributed by atoms with van der Waals surface area (Å²) in [6.07, 6.45) is 0. The Morgan fingerprint density at radius 2 is 1.94 bits per heavy atom. The quantitative estimate of drug-likeness (QED) is 0.747. The molecule has 0 spiro atoms. The van der Waals surface area contributed by atoms with E-state index < -0.39 is 21.9 Å². The predicted octanol–water partition coefficient (Wildman–Crippen LogP) is 1.11. The molecule has 0 heterocycles. The van der Waals surface area contributed by atoms with Crippen LogP contribution in [0.2, 0.25) is 0 Å². The second kappa shape index (κ2) is 6.11. The zero-order chi connectivity index (χ0) is 12.9. The van der Waals surface area contributed by atoms with E-state index in [1.165, 1.54) is 0 Å². The zero-order valence-electron chi connectivity index (χ0n) is 9.67. The molecule has 0 saturated heterocycles. The van der Waals surface area contributed by atoms with Crippen molar-refractivity contribution in [1.82, 2.24) is 0 Å². The van der Waals surface area contributed by atoms with Crippen LogP contribution in [0, 0.1) is 0 Å². The Labute approximate surface area is 101 Å². The summed E-state index contributed by atoms with van der Waals surface area (Å²) in [6, 6.07) is 6.42. The maximum absolute atomic E-state index is 10.7. The van der Waals surface area contributed by atoms with Crippen molar-refractivity contribution in [3.8, 4) is 0 Å². The molecule has 3 N–H and O–H groups in total. The molecule has 1 aromatic rings. The molecule has 0 fully saturated rings. The van der Waals surface area contributed by atoms with E-state index in [0.29, 0.717) is 18.8 Å². The molecule has 0 aliphatic rings. The summed E-state index contributed by atoms with van der Waals surface area (Å²) in [4.78, 5) is 0. The van der Waals surface area contributed by atoms with E-state index in [1.807, 2.05) is 19.1 Å². The molecule has 0 saturated carbocycles. The highest BCUT2D eigenvalue weighted by Gasteiger charge is 2.14. The van der Waals surface area contributed by atoms with E-state index in [9.17, 15) is 8.42 Å². The third-order valence-electron chi connectivity index (χ3n) is 2.27. The lowest BCUT2D eigenvalue weighted by atomic mass is 10.1. The van der Waals surface area contributed by atoms with Crippen molar-refractivity contribution in [2.45, 2.75) is 19.6 Å². The highest BCUT2D eigenvalue weighted by Crippen LogP contribution is 2.13. The van der Waals surface area contributed by atoms with Gasteiger partial charge in [0, 0.05) is 12.6 Å². The third-order valence-corrected chi connectivity index (χ3v) is 3.05. The van der Waals surface area contributed by atoms with E-state index >= 15 is 0 Å². The smallest absolute Gasteiger partial charge is 0.266 e. The first-order chi connectivity index (χ1) is 7.92. The topological polar surface area (TPSA) is 89.6 Å². The minimum atomic E-state index is -4.05. The molecule has 96 valence electrons. The average Bonchev–Trinajstić information content (AvgIpc) is 2.24. The summed E-state index contributed by atoms with van der Waals surface area (Å²) in [5.41, 5.74) is 7.33. The van der Waals surface area contributed by atoms with Crippen LogP contribution in [0.25, 0.3) is 0 Å². The lowest BCUT2D eigenvalue weighted by molar-refractivity contribution is 0.134. The van der Waals surface area contributed by atoms with Crippen molar-refractivity contribution in [3.05, 3.63) is 35.4 Å². The van der Waals surface area contributed by atoms with Crippen LogP contribution in [-0.4, -0.2) is 25.3 Å². The van der Waals surface area contributed by atoms with Gasteiger partial charge in [0.1, 0.15) is 0 Å². The molecule has 17 heavy (non-hydrogen) atoms. The molecule has 1 rings (SSSR count). The fraction of sp³-hybridized carbons (Fsp3) is 0.455. The van der Waals surface area contributed by atoms with Crippen molar-refractivity contribution >= 4 is 10.1 Å². The Bertz CT molecular complexity index is 441. The van der Waals surface area contributed by atoms with Gasteiger partial charge in [-0.05, 0) is 18.1 Å². The van der Waals surface area contributed by atoms with Crippen LogP contribution in [0.4, 0.5) is 0 Å². The van der Waals surface area contributed by atoms with Crippen LogP contribution in [0.5, 0.6) is 0 Å². The van der Waals surface area contributed by atoms with Crippen molar-refractivity contribution in [1.29, 1.82) is 0 Å². The Kier molecular flexibility index (Phi) is 5.07. The zero-order valence-corrected chi connectivity index (χ0v) is 10.5. The standard InChI is InChI=1S/C11H17NO4S/c1-2-16-7-9-3-5-10(6-4-9)11(12)8-17(13,14)15/h3-6,11H,2,7-8,12H2,1H3,(H,13,14,15). The molecular formula is C11H17NO4S. The van der Waals surface area contributed by atoms with Crippen LogP contribution < -0.4 is 5.73 Å². The molecule has 1 aromatic carbocycles. The van der Waals surface area contributed by atoms with Gasteiger partial charge in [-0.1, -0.05) is 24.3 Å². The van der Waals surface area contributed by atoms with Gasteiger partial charge in [-0.3, -0.25) is 4.55 Å². The lowest BCUT2D eigenvalue weighted by Crippen LogP contribution is -2.21. The van der Waals surface area contributed by atoms with Gasteiger partial charge in [0.2, 0.25) is 0 Å². The third kappa shape index (κ3) is 5.27. The number of ether oxygens (including phenoxy) is 1. The first kappa shape index (κ1) is 14.1. The van der Waals surface area contributed by atoms with Gasteiger partial charge < -0.3 is 10.5 Å². The summed E-state index contributed by atoms with van der Waals surface area (Å²) >= 11 is 0. The lowest BCUT2D eigenvalue weighted by Gasteiger charge is -2.10. The second-order valence-electron chi connectivity index (χ2n) is 3.73. The maximum atomic E-state index is 10.7. The normalized spacial score (nSPS) is 13.6. The van der Waals surface area contributed by atoms with Crippen LogP contribution in [-0.2, 0) is 21.5 Å². The summed E-state index contributed by atoms with van der Waals surface area (Å²) in [5, 5.41) is 0. The highest BCUT2D eigenvalue weighted by molar-refractivity contribution is 7.85. The first-order valence-corrected chi connectivity index (χ1v) is 6.90. The van der Waals surface area contributed by atoms with Gasteiger partial charge in [-0.2, -0.15) is 8.42 Å². The van der Waals surface area contributed by atoms with Crippen LogP contribution >= 0.6 is 0 Å². The van der Waals surface area contributed by atoms with E-state index in [-0.39, 0.29) is 0 Å². The van der Waals surface area contributed by atoms with E-state index in [4.69, 9.17) is 15.0 Å². The Morgan fingerprint density at radius 1 is 1.35 bits per heavy atom. The fourth-order valence-corrected chi connectivity index (χ4v) is 2.05. The van der Waals surface area contributed by atoms with Gasteiger partial charge in [0.05, 0.1) is 12.4 Å². The Balaban J connectivity index is 2.67. The van der Waals surface area contributed by atoms with E-state index in [0.717, 1.165) is 5.56 Å². The summed E-state index contributed by atoms with van der Waals surface area (Å²) in [6.45, 7) is 3.07. The highest BCUT2D eigenvalue weighted by atomic mass is 32.2. The summed E-state index contributed by atoms with van der Waals surface area (Å²) in [7, 11) is -4.05. The molecule has 5 nitrogen and oxygen atoms in total. The maximum Gasteiger partial charge on any atom is 0.266 e. The van der Waals surface area contributed by atoms with Crippen molar-refractivity contribution in [2.24, 2.45) is 5.73 Å². The van der Waals surface area contributed by atoms with Gasteiger partial charge >= 0.3 is 0 Å². The molecule has 6 heteroatoms. The molecule has 0 aliphatic carbocycles. The number of hydrogen-bond acceptors (Lipinski definition) is 4. The largest absolute Gasteiger partial charge is 0.377 e. The van der Waals surface area contributed by atoms with Gasteiger partial charge in [-0.25, -0.2) is 0 Å². The fourth-order valence-electron chi connectivity index (χ4n) is 1.40. The van der Waals surface area contributed by atoms with Crippen molar-refractivity contribution < 1.29 is 17.7 Å². The predicted molar refractivity (Wildman–Crippen MR) is 65.1 cm³/mol. The van der Waals surface area contributed by atoms with Crippen LogP contribution in [0.15, 0.2) is 24.3 Å². The second-order valence-corrected chi connectivity index (χ2v) is 5.23. The molecule has 0 radical (unpaired) electrons. The number of rotatable bonds is 6. The monoisotopic (exact) mass is 259 g/mol. The van der Waals surface area contributed by atoms with Crippen LogP contribution in [0.1, 0.15) is 24.1 Å². The number of benzene rings is 1. The summed E-state index contributed by atoms with van der Waals surface area (Å²) < 4.78 is 35.3. The number of hydrogen-bond donors (Lipinski definition) is 2. The average molecular weight is 259 g/mol. The van der Waals surface area contributed by atoms with Gasteiger partial charge in [0.25, 0.3) is 10.1 Å². The molecule has 0 amide bonds. The SMILES string of the molecule is CCOCc1ccc(C(N)CS(=O)(=O)O)cc1. The minimum Gasteiger partial charge on any atom is -0.377 e. The van der Waals surface area contributed by atoms with E-state index in [2.05, 4.69) is 0 Å². The molecule has 0 aromatic heterocycles. The first-order valence-electron chi connectivity index (χ1n) is 5.29. The molecule has 1 unspecified atom stereocenters. The van der Waals surface area contributed by atoms with Gasteiger partial charge in [0.15, 0.2) is 0 Å². The van der Waals surface area contributed by atoms with E-state index in [1.54, 1.807) is 12.1 Å².